The van der Waals surface area contributed by atoms with E-state index in [-0.39, 0.29) is 22.8 Å². The van der Waals surface area contributed by atoms with E-state index in [0.717, 1.165) is 0 Å². The SMILES string of the molecule is COc1ccc(NC(=O)/C(C#N)=C\c2cc(OC)c(O)c(OC)c2)cc1. The highest BCUT2D eigenvalue weighted by atomic mass is 16.5. The summed E-state index contributed by atoms with van der Waals surface area (Å²) in [5, 5.41) is 21.9. The minimum Gasteiger partial charge on any atom is -0.502 e. The lowest BCUT2D eigenvalue weighted by atomic mass is 10.1. The van der Waals surface area contributed by atoms with Crippen LogP contribution < -0.4 is 19.5 Å². The largest absolute Gasteiger partial charge is 0.502 e. The number of anilines is 1. The zero-order valence-corrected chi connectivity index (χ0v) is 14.6. The Kier molecular flexibility index (Phi) is 6.06. The molecule has 1 amide bonds. The first-order valence-corrected chi connectivity index (χ1v) is 7.54. The van der Waals surface area contributed by atoms with Crippen molar-refractivity contribution in [1.29, 1.82) is 5.26 Å². The molecule has 0 spiro atoms. The van der Waals surface area contributed by atoms with Crippen LogP contribution in [0.25, 0.3) is 6.08 Å². The van der Waals surface area contributed by atoms with Gasteiger partial charge in [-0.1, -0.05) is 0 Å². The molecule has 134 valence electrons. The number of carbonyl (C=O) groups excluding carboxylic acids is 1. The van der Waals surface area contributed by atoms with Crippen LogP contribution in [0.4, 0.5) is 5.69 Å². The van der Waals surface area contributed by atoms with E-state index in [1.165, 1.54) is 32.4 Å². The highest BCUT2D eigenvalue weighted by molar-refractivity contribution is 6.09. The molecule has 0 bridgehead atoms. The van der Waals surface area contributed by atoms with E-state index >= 15 is 0 Å². The van der Waals surface area contributed by atoms with Gasteiger partial charge in [-0.25, -0.2) is 0 Å². The Morgan fingerprint density at radius 1 is 1.08 bits per heavy atom. The lowest BCUT2D eigenvalue weighted by molar-refractivity contribution is -0.112. The molecule has 2 aromatic carbocycles. The van der Waals surface area contributed by atoms with E-state index in [9.17, 15) is 15.2 Å². The first kappa shape index (κ1) is 18.7. The van der Waals surface area contributed by atoms with Gasteiger partial charge in [0.05, 0.1) is 21.3 Å². The van der Waals surface area contributed by atoms with E-state index in [2.05, 4.69) is 5.32 Å². The third-order valence-corrected chi connectivity index (χ3v) is 3.53. The Morgan fingerprint density at radius 2 is 1.65 bits per heavy atom. The number of rotatable bonds is 6. The number of benzene rings is 2. The second-order valence-corrected chi connectivity index (χ2v) is 5.13. The molecule has 7 heteroatoms. The van der Waals surface area contributed by atoms with Gasteiger partial charge < -0.3 is 24.6 Å². The number of hydrogen-bond donors (Lipinski definition) is 2. The molecule has 2 N–H and O–H groups in total. The van der Waals surface area contributed by atoms with Gasteiger partial charge in [0.1, 0.15) is 17.4 Å². The maximum absolute atomic E-state index is 12.3. The molecule has 0 aliphatic heterocycles. The number of aromatic hydroxyl groups is 1. The maximum atomic E-state index is 12.3. The predicted molar refractivity (Wildman–Crippen MR) is 96.4 cm³/mol. The minimum atomic E-state index is -0.566. The lowest BCUT2D eigenvalue weighted by Crippen LogP contribution is -2.13. The highest BCUT2D eigenvalue weighted by Crippen LogP contribution is 2.37. The van der Waals surface area contributed by atoms with Crippen molar-refractivity contribution in [2.45, 2.75) is 0 Å². The molecule has 2 aromatic rings. The Bertz CT molecular complexity index is 841. The van der Waals surface area contributed by atoms with Gasteiger partial charge >= 0.3 is 0 Å². The number of amides is 1. The number of nitriles is 1. The zero-order valence-electron chi connectivity index (χ0n) is 14.6. The molecule has 0 aromatic heterocycles. The van der Waals surface area contributed by atoms with Crippen LogP contribution in [0.1, 0.15) is 5.56 Å². The molecule has 0 aliphatic carbocycles. The summed E-state index contributed by atoms with van der Waals surface area (Å²) in [7, 11) is 4.33. The van der Waals surface area contributed by atoms with Crippen LogP contribution in [0.15, 0.2) is 42.0 Å². The number of phenolic OH excluding ortho intramolecular Hbond substituents is 1. The summed E-state index contributed by atoms with van der Waals surface area (Å²) < 4.78 is 15.2. The molecule has 0 atom stereocenters. The van der Waals surface area contributed by atoms with Gasteiger partial charge in [0.25, 0.3) is 5.91 Å². The Hall–Kier alpha value is -3.66. The van der Waals surface area contributed by atoms with Crippen molar-refractivity contribution in [2.24, 2.45) is 0 Å². The molecule has 0 aliphatic rings. The van der Waals surface area contributed by atoms with E-state index in [1.54, 1.807) is 31.4 Å². The molecule has 0 saturated heterocycles. The number of carbonyl (C=O) groups is 1. The summed E-state index contributed by atoms with van der Waals surface area (Å²) in [4.78, 5) is 12.3. The van der Waals surface area contributed by atoms with Crippen molar-refractivity contribution in [1.82, 2.24) is 0 Å². The first-order chi connectivity index (χ1) is 12.5. The van der Waals surface area contributed by atoms with Gasteiger partial charge in [-0.15, -0.1) is 0 Å². The van der Waals surface area contributed by atoms with Crippen molar-refractivity contribution >= 4 is 17.7 Å². The van der Waals surface area contributed by atoms with Crippen molar-refractivity contribution in [3.05, 3.63) is 47.5 Å². The smallest absolute Gasteiger partial charge is 0.266 e. The number of nitrogens with one attached hydrogen (secondary N) is 1. The van der Waals surface area contributed by atoms with Crippen LogP contribution in [0, 0.1) is 11.3 Å². The Balaban J connectivity index is 2.29. The van der Waals surface area contributed by atoms with Crippen LogP contribution in [-0.4, -0.2) is 32.3 Å². The standard InChI is InChI=1S/C19H18N2O5/c1-24-15-6-4-14(5-7-15)21-19(23)13(11-20)8-12-9-16(25-2)18(22)17(10-12)26-3/h4-10,22H,1-3H3,(H,21,23)/b13-8-. The van der Waals surface area contributed by atoms with Gasteiger partial charge in [0, 0.05) is 5.69 Å². The molecule has 26 heavy (non-hydrogen) atoms. The topological polar surface area (TPSA) is 101 Å². The average molecular weight is 354 g/mol. The summed E-state index contributed by atoms with van der Waals surface area (Å²) in [6.07, 6.45) is 1.38. The summed E-state index contributed by atoms with van der Waals surface area (Å²) in [6.45, 7) is 0. The van der Waals surface area contributed by atoms with Crippen LogP contribution in [0.3, 0.4) is 0 Å². The summed E-state index contributed by atoms with van der Waals surface area (Å²) in [6, 6.07) is 11.6. The fourth-order valence-corrected chi connectivity index (χ4v) is 2.19. The minimum absolute atomic E-state index is 0.115. The maximum Gasteiger partial charge on any atom is 0.266 e. The van der Waals surface area contributed by atoms with Crippen molar-refractivity contribution in [2.75, 3.05) is 26.6 Å². The second-order valence-electron chi connectivity index (χ2n) is 5.13. The van der Waals surface area contributed by atoms with Gasteiger partial charge in [-0.3, -0.25) is 4.79 Å². The van der Waals surface area contributed by atoms with Gasteiger partial charge in [0.15, 0.2) is 11.5 Å². The number of methoxy groups -OCH3 is 3. The number of hydrogen-bond acceptors (Lipinski definition) is 6. The lowest BCUT2D eigenvalue weighted by Gasteiger charge is -2.10. The van der Waals surface area contributed by atoms with E-state index in [0.29, 0.717) is 17.0 Å². The van der Waals surface area contributed by atoms with Gasteiger partial charge in [-0.2, -0.15) is 5.26 Å². The van der Waals surface area contributed by atoms with Crippen LogP contribution in [0.2, 0.25) is 0 Å². The van der Waals surface area contributed by atoms with E-state index in [1.807, 2.05) is 6.07 Å². The highest BCUT2D eigenvalue weighted by Gasteiger charge is 2.13. The van der Waals surface area contributed by atoms with Crippen LogP contribution in [0.5, 0.6) is 23.0 Å². The summed E-state index contributed by atoms with van der Waals surface area (Å²) in [5.41, 5.74) is 0.881. The molecular formula is C19H18N2O5. The predicted octanol–water partition coefficient (Wildman–Crippen LogP) is 2.96. The monoisotopic (exact) mass is 354 g/mol. The molecule has 2 rings (SSSR count). The third-order valence-electron chi connectivity index (χ3n) is 3.53. The van der Waals surface area contributed by atoms with E-state index in [4.69, 9.17) is 14.2 Å². The van der Waals surface area contributed by atoms with Crippen LogP contribution in [-0.2, 0) is 4.79 Å². The zero-order chi connectivity index (χ0) is 19.1. The van der Waals surface area contributed by atoms with E-state index < -0.39 is 5.91 Å². The molecule has 0 saturated carbocycles. The number of nitrogens with zero attached hydrogens (tertiary/aromatic N) is 1. The Morgan fingerprint density at radius 3 is 2.12 bits per heavy atom. The average Bonchev–Trinajstić information content (AvgIpc) is 2.67. The first-order valence-electron chi connectivity index (χ1n) is 7.54. The summed E-state index contributed by atoms with van der Waals surface area (Å²) >= 11 is 0. The van der Waals surface area contributed by atoms with Crippen molar-refractivity contribution < 1.29 is 24.1 Å². The third kappa shape index (κ3) is 4.24. The summed E-state index contributed by atoms with van der Waals surface area (Å²) in [5.74, 6) is 0.270. The Labute approximate surface area is 151 Å². The quantitative estimate of drug-likeness (QED) is 0.611. The van der Waals surface area contributed by atoms with Crippen molar-refractivity contribution in [3.63, 3.8) is 0 Å². The molecule has 0 heterocycles. The molecule has 0 fully saturated rings. The van der Waals surface area contributed by atoms with Crippen LogP contribution >= 0.6 is 0 Å². The number of ether oxygens (including phenoxy) is 3. The van der Waals surface area contributed by atoms with Gasteiger partial charge in [-0.05, 0) is 48.0 Å². The fourth-order valence-electron chi connectivity index (χ4n) is 2.19. The van der Waals surface area contributed by atoms with Gasteiger partial charge in [0.2, 0.25) is 5.75 Å². The molecule has 0 radical (unpaired) electrons. The fraction of sp³-hybridized carbons (Fsp3) is 0.158. The second kappa shape index (κ2) is 8.44. The molecule has 0 unspecified atom stereocenters. The molecule has 7 nitrogen and oxygen atoms in total. The van der Waals surface area contributed by atoms with Crippen molar-refractivity contribution in [3.8, 4) is 29.1 Å². The number of phenols is 1. The normalized spacial score (nSPS) is 10.6. The molecular weight excluding hydrogens is 336 g/mol.